The third kappa shape index (κ3) is 3.91. The Morgan fingerprint density at radius 2 is 1.04 bits per heavy atom. The molecule has 0 aliphatic rings. The highest BCUT2D eigenvalue weighted by Crippen LogP contribution is 2.29. The van der Waals surface area contributed by atoms with Gasteiger partial charge in [-0.25, -0.2) is 0 Å². The molecule has 2 nitrogen and oxygen atoms in total. The number of hydrogen-bond donors (Lipinski definition) is 2. The van der Waals surface area contributed by atoms with Crippen LogP contribution in [0.5, 0.6) is 0 Å². The summed E-state index contributed by atoms with van der Waals surface area (Å²) in [7, 11) is 0. The summed E-state index contributed by atoms with van der Waals surface area (Å²) in [6, 6.07) is 31.4. The molecule has 0 fully saturated rings. The Labute approximate surface area is 144 Å². The number of nitrogens with one attached hydrogen (secondary N) is 1. The topological polar surface area (TPSA) is 38.0 Å². The standard InChI is InChI=1S/C22H24N2/c1-17(18-11-5-2-6-12-18)24-22(20-15-9-4-10-16-20)21(23)19-13-7-3-8-14-19/h2-17,21-22,24H,23H2,1H3. The Bertz CT molecular complexity index is 726. The Morgan fingerprint density at radius 3 is 1.54 bits per heavy atom. The average Bonchev–Trinajstić information content (AvgIpc) is 2.67. The molecule has 2 heteroatoms. The minimum atomic E-state index is -0.111. The van der Waals surface area contributed by atoms with Crippen LogP contribution in [0, 0.1) is 0 Å². The lowest BCUT2D eigenvalue weighted by Gasteiger charge is -2.29. The van der Waals surface area contributed by atoms with E-state index in [1.165, 1.54) is 11.1 Å². The third-order valence-corrected chi connectivity index (χ3v) is 4.43. The van der Waals surface area contributed by atoms with E-state index >= 15 is 0 Å². The lowest BCUT2D eigenvalue weighted by molar-refractivity contribution is 0.407. The SMILES string of the molecule is CC(NC(c1ccccc1)C(N)c1ccccc1)c1ccccc1. The molecule has 0 spiro atoms. The summed E-state index contributed by atoms with van der Waals surface area (Å²) in [4.78, 5) is 0. The van der Waals surface area contributed by atoms with E-state index in [2.05, 4.69) is 72.9 Å². The summed E-state index contributed by atoms with van der Waals surface area (Å²) in [6.07, 6.45) is 0. The second-order valence-corrected chi connectivity index (χ2v) is 6.12. The first-order chi connectivity index (χ1) is 11.8. The van der Waals surface area contributed by atoms with Gasteiger partial charge in [-0.1, -0.05) is 91.0 Å². The van der Waals surface area contributed by atoms with Crippen molar-refractivity contribution in [1.82, 2.24) is 5.32 Å². The molecule has 0 heterocycles. The molecule has 3 aromatic carbocycles. The van der Waals surface area contributed by atoms with Gasteiger partial charge in [-0.3, -0.25) is 0 Å². The van der Waals surface area contributed by atoms with Gasteiger partial charge in [0.15, 0.2) is 0 Å². The van der Waals surface area contributed by atoms with E-state index in [0.29, 0.717) is 0 Å². The summed E-state index contributed by atoms with van der Waals surface area (Å²) < 4.78 is 0. The van der Waals surface area contributed by atoms with Crippen LogP contribution in [-0.4, -0.2) is 0 Å². The highest BCUT2D eigenvalue weighted by molar-refractivity contribution is 5.28. The molecule has 0 saturated heterocycles. The van der Waals surface area contributed by atoms with Crippen molar-refractivity contribution in [2.75, 3.05) is 0 Å². The maximum atomic E-state index is 6.64. The maximum absolute atomic E-state index is 6.64. The second kappa shape index (κ2) is 7.91. The van der Waals surface area contributed by atoms with Crippen molar-refractivity contribution in [1.29, 1.82) is 0 Å². The number of benzene rings is 3. The lowest BCUT2D eigenvalue weighted by Crippen LogP contribution is -2.33. The van der Waals surface area contributed by atoms with E-state index in [1.807, 2.05) is 30.3 Å². The largest absolute Gasteiger partial charge is 0.322 e. The molecular formula is C22H24N2. The molecule has 3 aromatic rings. The molecule has 0 bridgehead atoms. The van der Waals surface area contributed by atoms with Crippen molar-refractivity contribution in [2.45, 2.75) is 25.0 Å². The minimum absolute atomic E-state index is 0.0452. The van der Waals surface area contributed by atoms with Crippen LogP contribution in [-0.2, 0) is 0 Å². The summed E-state index contributed by atoms with van der Waals surface area (Å²) in [5, 5.41) is 3.72. The van der Waals surface area contributed by atoms with E-state index < -0.39 is 0 Å². The van der Waals surface area contributed by atoms with Crippen molar-refractivity contribution in [3.8, 4) is 0 Å². The van der Waals surface area contributed by atoms with Gasteiger partial charge in [0.05, 0.1) is 6.04 Å². The Balaban J connectivity index is 1.88. The highest BCUT2D eigenvalue weighted by atomic mass is 15.0. The van der Waals surface area contributed by atoms with Crippen LogP contribution >= 0.6 is 0 Å². The van der Waals surface area contributed by atoms with Gasteiger partial charge in [-0.05, 0) is 23.6 Å². The Morgan fingerprint density at radius 1 is 0.625 bits per heavy atom. The number of rotatable bonds is 6. The predicted molar refractivity (Wildman–Crippen MR) is 101 cm³/mol. The first kappa shape index (κ1) is 16.4. The zero-order valence-corrected chi connectivity index (χ0v) is 14.0. The van der Waals surface area contributed by atoms with Crippen LogP contribution in [0.25, 0.3) is 0 Å². The van der Waals surface area contributed by atoms with Gasteiger partial charge in [0, 0.05) is 12.1 Å². The van der Waals surface area contributed by atoms with Gasteiger partial charge >= 0.3 is 0 Å². The van der Waals surface area contributed by atoms with Crippen molar-refractivity contribution in [3.05, 3.63) is 108 Å². The third-order valence-electron chi connectivity index (χ3n) is 4.43. The summed E-state index contributed by atoms with van der Waals surface area (Å²) in [5.74, 6) is 0. The van der Waals surface area contributed by atoms with Crippen LogP contribution in [0.1, 0.15) is 41.7 Å². The highest BCUT2D eigenvalue weighted by Gasteiger charge is 2.23. The van der Waals surface area contributed by atoms with E-state index in [1.54, 1.807) is 0 Å². The fourth-order valence-corrected chi connectivity index (χ4v) is 3.04. The van der Waals surface area contributed by atoms with Crippen LogP contribution in [0.15, 0.2) is 91.0 Å². The molecular weight excluding hydrogens is 292 g/mol. The van der Waals surface area contributed by atoms with Gasteiger partial charge in [0.2, 0.25) is 0 Å². The summed E-state index contributed by atoms with van der Waals surface area (Å²) >= 11 is 0. The monoisotopic (exact) mass is 316 g/mol. The molecule has 0 amide bonds. The molecule has 0 aliphatic heterocycles. The summed E-state index contributed by atoms with van der Waals surface area (Å²) in [6.45, 7) is 2.18. The van der Waals surface area contributed by atoms with Crippen LogP contribution in [0.4, 0.5) is 0 Å². The van der Waals surface area contributed by atoms with E-state index in [-0.39, 0.29) is 18.1 Å². The van der Waals surface area contributed by atoms with Gasteiger partial charge < -0.3 is 11.1 Å². The van der Waals surface area contributed by atoms with Crippen molar-refractivity contribution >= 4 is 0 Å². The summed E-state index contributed by atoms with van der Waals surface area (Å²) in [5.41, 5.74) is 10.2. The number of nitrogens with two attached hydrogens (primary N) is 1. The fraction of sp³-hybridized carbons (Fsp3) is 0.182. The normalized spacial score (nSPS) is 14.8. The molecule has 3 unspecified atom stereocenters. The van der Waals surface area contributed by atoms with E-state index in [9.17, 15) is 0 Å². The molecule has 3 atom stereocenters. The molecule has 0 saturated carbocycles. The molecule has 3 rings (SSSR count). The zero-order chi connectivity index (χ0) is 16.8. The van der Waals surface area contributed by atoms with Crippen LogP contribution in [0.3, 0.4) is 0 Å². The average molecular weight is 316 g/mol. The smallest absolute Gasteiger partial charge is 0.0520 e. The van der Waals surface area contributed by atoms with Crippen molar-refractivity contribution in [2.24, 2.45) is 5.73 Å². The predicted octanol–water partition coefficient (Wildman–Crippen LogP) is 4.78. The number of hydrogen-bond acceptors (Lipinski definition) is 2. The van der Waals surface area contributed by atoms with Gasteiger partial charge in [0.25, 0.3) is 0 Å². The Hall–Kier alpha value is -2.42. The molecule has 24 heavy (non-hydrogen) atoms. The van der Waals surface area contributed by atoms with Crippen molar-refractivity contribution < 1.29 is 0 Å². The molecule has 122 valence electrons. The van der Waals surface area contributed by atoms with Gasteiger partial charge in [-0.2, -0.15) is 0 Å². The maximum Gasteiger partial charge on any atom is 0.0520 e. The zero-order valence-electron chi connectivity index (χ0n) is 14.0. The fourth-order valence-electron chi connectivity index (χ4n) is 3.04. The van der Waals surface area contributed by atoms with Gasteiger partial charge in [-0.15, -0.1) is 0 Å². The first-order valence-corrected chi connectivity index (χ1v) is 8.42. The lowest BCUT2D eigenvalue weighted by atomic mass is 9.93. The Kier molecular flexibility index (Phi) is 5.42. The van der Waals surface area contributed by atoms with Crippen LogP contribution < -0.4 is 11.1 Å². The first-order valence-electron chi connectivity index (χ1n) is 8.42. The van der Waals surface area contributed by atoms with Crippen molar-refractivity contribution in [3.63, 3.8) is 0 Å². The van der Waals surface area contributed by atoms with Crippen LogP contribution in [0.2, 0.25) is 0 Å². The second-order valence-electron chi connectivity index (χ2n) is 6.12. The molecule has 0 aliphatic carbocycles. The molecule has 3 N–H and O–H groups in total. The quantitative estimate of drug-likeness (QED) is 0.687. The molecule has 0 aromatic heterocycles. The van der Waals surface area contributed by atoms with E-state index in [0.717, 1.165) is 5.56 Å². The van der Waals surface area contributed by atoms with Gasteiger partial charge in [0.1, 0.15) is 0 Å². The minimum Gasteiger partial charge on any atom is -0.322 e. The van der Waals surface area contributed by atoms with E-state index in [4.69, 9.17) is 5.73 Å². The molecule has 0 radical (unpaired) electrons.